The minimum Gasteiger partial charge on any atom is -0.494 e. The van der Waals surface area contributed by atoms with Gasteiger partial charge in [-0.2, -0.15) is 0 Å². The zero-order valence-electron chi connectivity index (χ0n) is 20.9. The van der Waals surface area contributed by atoms with Crippen molar-refractivity contribution in [1.82, 2.24) is 18.3 Å². The maximum Gasteiger partial charge on any atom is 0.344 e. The molecule has 0 aliphatic carbocycles. The van der Waals surface area contributed by atoms with Gasteiger partial charge >= 0.3 is 5.97 Å². The van der Waals surface area contributed by atoms with Gasteiger partial charge in [0.25, 0.3) is 11.1 Å². The van der Waals surface area contributed by atoms with Crippen molar-refractivity contribution in [3.8, 4) is 17.5 Å². The molecule has 0 fully saturated rings. The first-order valence-corrected chi connectivity index (χ1v) is 12.6. The lowest BCUT2D eigenvalue weighted by molar-refractivity contribution is -0.145. The van der Waals surface area contributed by atoms with E-state index < -0.39 is 41.4 Å². The van der Waals surface area contributed by atoms with Crippen LogP contribution in [0.3, 0.4) is 0 Å². The van der Waals surface area contributed by atoms with Gasteiger partial charge in [-0.05, 0) is 49.1 Å². The van der Waals surface area contributed by atoms with Gasteiger partial charge in [0.1, 0.15) is 0 Å². The summed E-state index contributed by atoms with van der Waals surface area (Å²) >= 11 is 23.3. The van der Waals surface area contributed by atoms with Crippen molar-refractivity contribution < 1.29 is 24.5 Å². The van der Waals surface area contributed by atoms with Gasteiger partial charge in [-0.15, -0.1) is 0 Å². The maximum absolute atomic E-state index is 13.4. The SMILES string of the molecule is CCOC(=O)COc1c(Cl)cc(C(c2c(O)n(C)c(=S)n(C)c2=O)c2c(O)n(C)c(=S)n(C)c2=O)cc1Cl. The molecular formula is C23H24Cl2N4O7S2. The van der Waals surface area contributed by atoms with E-state index in [4.69, 9.17) is 57.1 Å². The Labute approximate surface area is 236 Å². The summed E-state index contributed by atoms with van der Waals surface area (Å²) in [4.78, 5) is 38.6. The summed E-state index contributed by atoms with van der Waals surface area (Å²) in [7, 11) is 5.69. The molecule has 0 radical (unpaired) electrons. The Morgan fingerprint density at radius 1 is 0.895 bits per heavy atom. The molecule has 0 saturated carbocycles. The number of halogens is 2. The highest BCUT2D eigenvalue weighted by Gasteiger charge is 2.33. The number of carbonyl (C=O) groups is 1. The van der Waals surface area contributed by atoms with E-state index in [1.54, 1.807) is 6.92 Å². The molecule has 11 nitrogen and oxygen atoms in total. The molecule has 0 aliphatic heterocycles. The van der Waals surface area contributed by atoms with Crippen LogP contribution in [0, 0.1) is 9.54 Å². The molecular weight excluding hydrogens is 579 g/mol. The third kappa shape index (κ3) is 5.10. The summed E-state index contributed by atoms with van der Waals surface area (Å²) in [6, 6.07) is 2.69. The minimum atomic E-state index is -1.38. The fourth-order valence-corrected chi connectivity index (χ4v) is 4.87. The van der Waals surface area contributed by atoms with E-state index >= 15 is 0 Å². The largest absolute Gasteiger partial charge is 0.494 e. The monoisotopic (exact) mass is 602 g/mol. The Balaban J connectivity index is 2.41. The molecule has 2 N–H and O–H groups in total. The van der Waals surface area contributed by atoms with Crippen molar-refractivity contribution >= 4 is 53.6 Å². The molecule has 0 saturated heterocycles. The zero-order valence-corrected chi connectivity index (χ0v) is 24.1. The van der Waals surface area contributed by atoms with Crippen LogP contribution >= 0.6 is 47.6 Å². The standard InChI is InChI=1S/C23H24Cl2N4O7S2/c1-6-35-13(30)9-36-17-11(24)7-10(8-12(17)25)14(15-18(31)26(2)22(37)27(3)19(15)32)16-20(33)28(4)23(38)29(5)21(16)34/h7-8,14,31,33H,6,9H2,1-5H3. The molecule has 1 aromatic carbocycles. The molecule has 0 amide bonds. The van der Waals surface area contributed by atoms with Crippen molar-refractivity contribution in [3.63, 3.8) is 0 Å². The Hall–Kier alpha value is -3.13. The van der Waals surface area contributed by atoms with Gasteiger partial charge in [0.05, 0.1) is 33.7 Å². The first-order valence-electron chi connectivity index (χ1n) is 11.0. The second-order valence-electron chi connectivity index (χ2n) is 8.23. The molecule has 0 aliphatic rings. The lowest BCUT2D eigenvalue weighted by Crippen LogP contribution is -2.33. The van der Waals surface area contributed by atoms with Crippen molar-refractivity contribution in [1.29, 1.82) is 0 Å². The maximum atomic E-state index is 13.4. The van der Waals surface area contributed by atoms with Crippen LogP contribution in [0.4, 0.5) is 0 Å². The second kappa shape index (κ2) is 11.3. The van der Waals surface area contributed by atoms with Crippen molar-refractivity contribution in [3.05, 3.63) is 69.1 Å². The van der Waals surface area contributed by atoms with E-state index in [9.17, 15) is 24.6 Å². The first kappa shape index (κ1) is 29.4. The summed E-state index contributed by atoms with van der Waals surface area (Å²) in [5.74, 6) is -3.15. The number of aromatic hydroxyl groups is 2. The van der Waals surface area contributed by atoms with Crippen LogP contribution in [0.25, 0.3) is 0 Å². The van der Waals surface area contributed by atoms with Gasteiger partial charge in [-0.3, -0.25) is 27.9 Å². The second-order valence-corrected chi connectivity index (χ2v) is 9.77. The smallest absolute Gasteiger partial charge is 0.344 e. The van der Waals surface area contributed by atoms with Crippen molar-refractivity contribution in [2.75, 3.05) is 13.2 Å². The van der Waals surface area contributed by atoms with E-state index in [1.807, 2.05) is 0 Å². The Morgan fingerprint density at radius 3 is 1.71 bits per heavy atom. The van der Waals surface area contributed by atoms with Gasteiger partial charge in [0.15, 0.2) is 21.9 Å². The minimum absolute atomic E-state index is 0.0114. The lowest BCUT2D eigenvalue weighted by Gasteiger charge is -2.24. The van der Waals surface area contributed by atoms with E-state index in [0.29, 0.717) is 0 Å². The topological polar surface area (TPSA) is 130 Å². The van der Waals surface area contributed by atoms with E-state index in [2.05, 4.69) is 0 Å². The Bertz CT molecular complexity index is 1580. The van der Waals surface area contributed by atoms with Crippen molar-refractivity contribution in [2.45, 2.75) is 12.8 Å². The number of hydrogen-bond acceptors (Lipinski definition) is 9. The molecule has 38 heavy (non-hydrogen) atoms. The number of carbonyl (C=O) groups excluding carboxylic acids is 1. The lowest BCUT2D eigenvalue weighted by atomic mass is 9.86. The molecule has 3 rings (SSSR count). The summed E-state index contributed by atoms with van der Waals surface area (Å²) in [6.07, 6.45) is 0. The number of esters is 1. The van der Waals surface area contributed by atoms with Gasteiger partial charge in [0, 0.05) is 28.2 Å². The Morgan fingerprint density at radius 2 is 1.32 bits per heavy atom. The number of ether oxygens (including phenoxy) is 2. The number of rotatable bonds is 7. The van der Waals surface area contributed by atoms with Crippen LogP contribution < -0.4 is 15.9 Å². The van der Waals surface area contributed by atoms with Crippen LogP contribution in [-0.2, 0) is 37.7 Å². The fraction of sp³-hybridized carbons (Fsp3) is 0.348. The predicted molar refractivity (Wildman–Crippen MR) is 146 cm³/mol. The molecule has 2 aromatic heterocycles. The highest BCUT2D eigenvalue weighted by Crippen LogP contribution is 2.42. The summed E-state index contributed by atoms with van der Waals surface area (Å²) in [5.41, 5.74) is -1.85. The molecule has 2 heterocycles. The third-order valence-corrected chi connectivity index (χ3v) is 7.56. The summed E-state index contributed by atoms with van der Waals surface area (Å²) < 4.78 is 14.9. The summed E-state index contributed by atoms with van der Waals surface area (Å²) in [6.45, 7) is 1.33. The third-order valence-electron chi connectivity index (χ3n) is 5.91. The number of benzene rings is 1. The first-order chi connectivity index (χ1) is 17.7. The van der Waals surface area contributed by atoms with Crippen LogP contribution in [0.15, 0.2) is 21.7 Å². The van der Waals surface area contributed by atoms with Crippen LogP contribution in [-0.4, -0.2) is 47.7 Å². The fourth-order valence-electron chi connectivity index (χ4n) is 3.92. The molecule has 0 bridgehead atoms. The van der Waals surface area contributed by atoms with Crippen LogP contribution in [0.1, 0.15) is 29.5 Å². The van der Waals surface area contributed by atoms with Crippen molar-refractivity contribution in [2.24, 2.45) is 28.2 Å². The number of nitrogens with zero attached hydrogens (tertiary/aromatic N) is 4. The quantitative estimate of drug-likeness (QED) is 0.309. The number of hydrogen-bond donors (Lipinski definition) is 2. The predicted octanol–water partition coefficient (Wildman–Crippen LogP) is 3.06. The average molecular weight is 604 g/mol. The van der Waals surface area contributed by atoms with Gasteiger partial charge < -0.3 is 19.7 Å². The highest BCUT2D eigenvalue weighted by molar-refractivity contribution is 7.71. The Kier molecular flexibility index (Phi) is 8.76. The normalized spacial score (nSPS) is 11.2. The molecule has 0 atom stereocenters. The van der Waals surface area contributed by atoms with Crippen LogP contribution in [0.2, 0.25) is 10.0 Å². The molecule has 3 aromatic rings. The molecule has 0 unspecified atom stereocenters. The van der Waals surface area contributed by atoms with Gasteiger partial charge in [-0.25, -0.2) is 4.79 Å². The molecule has 15 heteroatoms. The molecule has 0 spiro atoms. The van der Waals surface area contributed by atoms with Gasteiger partial charge in [0.2, 0.25) is 11.8 Å². The average Bonchev–Trinajstić information content (AvgIpc) is 2.87. The number of aromatic nitrogens is 4. The van der Waals surface area contributed by atoms with Crippen LogP contribution in [0.5, 0.6) is 17.5 Å². The molecule has 204 valence electrons. The zero-order chi connectivity index (χ0) is 28.6. The van der Waals surface area contributed by atoms with E-state index in [-0.39, 0.29) is 48.6 Å². The van der Waals surface area contributed by atoms with Gasteiger partial charge in [-0.1, -0.05) is 23.2 Å². The van der Waals surface area contributed by atoms with E-state index in [0.717, 1.165) is 9.13 Å². The van der Waals surface area contributed by atoms with E-state index in [1.165, 1.54) is 49.5 Å². The summed E-state index contributed by atoms with van der Waals surface area (Å²) in [5, 5.41) is 22.0. The highest BCUT2D eigenvalue weighted by atomic mass is 35.5.